The molecule has 172 valence electrons. The van der Waals surface area contributed by atoms with Gasteiger partial charge in [-0.1, -0.05) is 17.7 Å². The number of sulfonamides is 1. The molecule has 0 aliphatic carbocycles. The van der Waals surface area contributed by atoms with Crippen LogP contribution in [0.3, 0.4) is 0 Å². The van der Waals surface area contributed by atoms with Gasteiger partial charge >= 0.3 is 5.97 Å². The summed E-state index contributed by atoms with van der Waals surface area (Å²) in [5, 5.41) is 0. The van der Waals surface area contributed by atoms with Crippen molar-refractivity contribution in [1.29, 1.82) is 0 Å². The zero-order valence-corrected chi connectivity index (χ0v) is 19.5. The number of nitrogens with zero attached hydrogens (tertiary/aromatic N) is 1. The van der Waals surface area contributed by atoms with Crippen molar-refractivity contribution in [2.75, 3.05) is 20.3 Å². The van der Waals surface area contributed by atoms with Crippen molar-refractivity contribution in [3.05, 3.63) is 63.7 Å². The molecule has 0 amide bonds. The Bertz CT molecular complexity index is 1100. The van der Waals surface area contributed by atoms with Gasteiger partial charge in [-0.25, -0.2) is 13.2 Å². The van der Waals surface area contributed by atoms with Crippen LogP contribution in [0.1, 0.15) is 51.0 Å². The van der Waals surface area contributed by atoms with Gasteiger partial charge < -0.3 is 14.2 Å². The van der Waals surface area contributed by atoms with Crippen LogP contribution in [0.15, 0.2) is 35.2 Å². The largest absolute Gasteiger partial charge is 0.465 e. The average molecular weight is 460 g/mol. The van der Waals surface area contributed by atoms with Gasteiger partial charge in [0.2, 0.25) is 10.0 Å². The number of methoxy groups -OCH3 is 1. The van der Waals surface area contributed by atoms with Gasteiger partial charge in [0.1, 0.15) is 0 Å². The molecule has 0 spiro atoms. The molecule has 8 heteroatoms. The second-order valence-electron chi connectivity index (χ2n) is 8.31. The summed E-state index contributed by atoms with van der Waals surface area (Å²) in [4.78, 5) is 12.8. The Morgan fingerprint density at radius 3 is 2.53 bits per heavy atom. The topological polar surface area (TPSA) is 82.1 Å². The lowest BCUT2D eigenvalue weighted by atomic mass is 9.92. The predicted molar refractivity (Wildman–Crippen MR) is 119 cm³/mol. The van der Waals surface area contributed by atoms with Crippen LogP contribution in [0.2, 0.25) is 0 Å². The minimum atomic E-state index is -3.69. The summed E-state index contributed by atoms with van der Waals surface area (Å²) in [6.07, 6.45) is 2.33. The number of esters is 1. The lowest BCUT2D eigenvalue weighted by Gasteiger charge is -2.16. The summed E-state index contributed by atoms with van der Waals surface area (Å²) < 4.78 is 44.3. The third kappa shape index (κ3) is 4.45. The maximum Gasteiger partial charge on any atom is 0.338 e. The molecule has 2 aliphatic rings. The Hall–Kier alpha value is -2.26. The van der Waals surface area contributed by atoms with Gasteiger partial charge in [-0.3, -0.25) is 0 Å². The summed E-state index contributed by atoms with van der Waals surface area (Å²) in [5.74, 6) is -0.461. The quantitative estimate of drug-likeness (QED) is 0.590. The fourth-order valence-electron chi connectivity index (χ4n) is 4.32. The first kappa shape index (κ1) is 22.9. The molecule has 1 saturated heterocycles. The number of fused-ring (bicyclic) bond motifs is 1. The molecule has 4 rings (SSSR count). The first-order valence-electron chi connectivity index (χ1n) is 10.8. The van der Waals surface area contributed by atoms with Crippen molar-refractivity contribution in [3.8, 4) is 0 Å². The number of ether oxygens (including phenoxy) is 3. The molecule has 1 fully saturated rings. The number of hydrogen-bond acceptors (Lipinski definition) is 6. The highest BCUT2D eigenvalue weighted by Gasteiger charge is 2.35. The molecular weight excluding hydrogens is 430 g/mol. The minimum Gasteiger partial charge on any atom is -0.465 e. The number of aryl methyl sites for hydroxylation is 1. The van der Waals surface area contributed by atoms with Crippen LogP contribution in [0, 0.1) is 13.8 Å². The molecule has 1 unspecified atom stereocenters. The van der Waals surface area contributed by atoms with Crippen LogP contribution in [0.5, 0.6) is 0 Å². The lowest BCUT2D eigenvalue weighted by molar-refractivity contribution is -0.109. The molecule has 0 radical (unpaired) electrons. The Labute approximate surface area is 189 Å². The van der Waals surface area contributed by atoms with Crippen molar-refractivity contribution in [2.45, 2.75) is 57.4 Å². The highest BCUT2D eigenvalue weighted by atomic mass is 32.2. The van der Waals surface area contributed by atoms with Crippen LogP contribution in [0.25, 0.3) is 0 Å². The van der Waals surface area contributed by atoms with Gasteiger partial charge in [-0.2, -0.15) is 4.31 Å². The van der Waals surface area contributed by atoms with Gasteiger partial charge in [0.05, 0.1) is 24.2 Å². The monoisotopic (exact) mass is 459 g/mol. The molecule has 32 heavy (non-hydrogen) atoms. The van der Waals surface area contributed by atoms with E-state index in [0.29, 0.717) is 24.2 Å². The van der Waals surface area contributed by atoms with E-state index in [9.17, 15) is 13.2 Å². The van der Waals surface area contributed by atoms with Crippen molar-refractivity contribution in [3.63, 3.8) is 0 Å². The fraction of sp³-hybridized carbons (Fsp3) is 0.458. The average Bonchev–Trinajstić information content (AvgIpc) is 3.46. The van der Waals surface area contributed by atoms with Crippen molar-refractivity contribution in [1.82, 2.24) is 4.31 Å². The summed E-state index contributed by atoms with van der Waals surface area (Å²) in [7, 11) is -2.35. The van der Waals surface area contributed by atoms with E-state index in [1.165, 1.54) is 11.4 Å². The SMILES string of the molecule is COC(=O)c1cc(CCOC2CCCO2)c(C)c2c1CN(S(=O)(=O)c1ccc(C)cc1)C2. The van der Waals surface area contributed by atoms with Crippen molar-refractivity contribution < 1.29 is 27.4 Å². The third-order valence-corrected chi connectivity index (χ3v) is 8.04. The Balaban J connectivity index is 1.61. The molecule has 2 aromatic rings. The summed E-state index contributed by atoms with van der Waals surface area (Å²) in [5.41, 5.74) is 4.95. The fourth-order valence-corrected chi connectivity index (χ4v) is 5.69. The first-order chi connectivity index (χ1) is 15.3. The molecule has 0 saturated carbocycles. The van der Waals surface area contributed by atoms with E-state index in [2.05, 4.69) is 0 Å². The van der Waals surface area contributed by atoms with E-state index in [1.807, 2.05) is 19.9 Å². The maximum absolute atomic E-state index is 13.3. The number of benzene rings is 2. The Kier molecular flexibility index (Phi) is 6.67. The predicted octanol–water partition coefficient (Wildman–Crippen LogP) is 3.49. The second-order valence-corrected chi connectivity index (χ2v) is 10.2. The van der Waals surface area contributed by atoms with Gasteiger partial charge in [0.15, 0.2) is 6.29 Å². The highest BCUT2D eigenvalue weighted by molar-refractivity contribution is 7.89. The summed E-state index contributed by atoms with van der Waals surface area (Å²) in [6.45, 7) is 5.45. The molecule has 0 bridgehead atoms. The number of carbonyl (C=O) groups is 1. The van der Waals surface area contributed by atoms with E-state index in [1.54, 1.807) is 24.3 Å². The van der Waals surface area contributed by atoms with E-state index in [4.69, 9.17) is 14.2 Å². The Morgan fingerprint density at radius 2 is 1.88 bits per heavy atom. The zero-order valence-electron chi connectivity index (χ0n) is 18.7. The van der Waals surface area contributed by atoms with Crippen LogP contribution >= 0.6 is 0 Å². The second kappa shape index (κ2) is 9.31. The van der Waals surface area contributed by atoms with Gasteiger partial charge in [0, 0.05) is 26.1 Å². The Morgan fingerprint density at radius 1 is 1.16 bits per heavy atom. The smallest absolute Gasteiger partial charge is 0.338 e. The normalized spacial score (nSPS) is 18.7. The molecule has 2 aromatic carbocycles. The minimum absolute atomic E-state index is 0.142. The van der Waals surface area contributed by atoms with E-state index in [-0.39, 0.29) is 24.3 Å². The molecular formula is C24H29NO6S. The van der Waals surface area contributed by atoms with Gasteiger partial charge in [0.25, 0.3) is 0 Å². The number of carbonyl (C=O) groups excluding carboxylic acids is 1. The van der Waals surface area contributed by atoms with Gasteiger partial charge in [-0.05, 0) is 67.1 Å². The van der Waals surface area contributed by atoms with Gasteiger partial charge in [-0.15, -0.1) is 0 Å². The van der Waals surface area contributed by atoms with Crippen molar-refractivity contribution >= 4 is 16.0 Å². The lowest BCUT2D eigenvalue weighted by Crippen LogP contribution is -2.25. The van der Waals surface area contributed by atoms with Crippen LogP contribution in [-0.4, -0.2) is 45.3 Å². The van der Waals surface area contributed by atoms with Crippen LogP contribution in [-0.2, 0) is 43.7 Å². The van der Waals surface area contributed by atoms with E-state index in [0.717, 1.165) is 41.7 Å². The molecule has 2 aliphatic heterocycles. The number of rotatable bonds is 7. The van der Waals surface area contributed by atoms with Crippen LogP contribution < -0.4 is 0 Å². The standard InChI is InChI=1S/C24H29NO6S/c1-16-6-8-19(9-7-16)32(27,28)25-14-21-17(2)18(10-12-31-23-5-4-11-30-23)13-20(22(21)15-25)24(26)29-3/h6-9,13,23H,4-5,10-12,14-15H2,1-3H3. The van der Waals surface area contributed by atoms with E-state index < -0.39 is 16.0 Å². The van der Waals surface area contributed by atoms with Crippen molar-refractivity contribution in [2.24, 2.45) is 0 Å². The summed E-state index contributed by atoms with van der Waals surface area (Å²) in [6, 6.07) is 8.63. The third-order valence-electron chi connectivity index (χ3n) is 6.24. The molecule has 0 aromatic heterocycles. The zero-order chi connectivity index (χ0) is 22.9. The van der Waals surface area contributed by atoms with Crippen LogP contribution in [0.4, 0.5) is 0 Å². The molecule has 7 nitrogen and oxygen atoms in total. The maximum atomic E-state index is 13.3. The molecule has 1 atom stereocenters. The molecule has 2 heterocycles. The number of hydrogen-bond donors (Lipinski definition) is 0. The summed E-state index contributed by atoms with van der Waals surface area (Å²) >= 11 is 0. The highest BCUT2D eigenvalue weighted by Crippen LogP contribution is 2.35. The molecule has 0 N–H and O–H groups in total. The first-order valence-corrected chi connectivity index (χ1v) is 12.3. The van der Waals surface area contributed by atoms with E-state index >= 15 is 0 Å².